The first-order valence-corrected chi connectivity index (χ1v) is 6.03. The van der Waals surface area contributed by atoms with E-state index in [9.17, 15) is 13.2 Å². The number of carbonyl (C=O) groups is 1. The molecule has 1 atom stereocenters. The fourth-order valence-electron chi connectivity index (χ4n) is 1.28. The van der Waals surface area contributed by atoms with Gasteiger partial charge in [-0.25, -0.2) is 0 Å². The van der Waals surface area contributed by atoms with Crippen LogP contribution in [0.3, 0.4) is 0 Å². The van der Waals surface area contributed by atoms with Gasteiger partial charge in [-0.2, -0.15) is 8.42 Å². The third-order valence-electron chi connectivity index (χ3n) is 2.06. The van der Waals surface area contributed by atoms with Gasteiger partial charge in [0.25, 0.3) is 0 Å². The molecule has 1 rings (SSSR count). The second-order valence-electron chi connectivity index (χ2n) is 3.55. The quantitative estimate of drug-likeness (QED) is 0.708. The van der Waals surface area contributed by atoms with Gasteiger partial charge in [0.1, 0.15) is 0 Å². The zero-order valence-electron chi connectivity index (χ0n) is 9.26. The summed E-state index contributed by atoms with van der Waals surface area (Å²) in [5.41, 5.74) is 6.72. The Balaban J connectivity index is 2.84. The molecule has 0 aromatic heterocycles. The molecule has 7 nitrogen and oxygen atoms in total. The average molecular weight is 250 g/mol. The molecule has 1 aliphatic heterocycles. The lowest BCUT2D eigenvalue weighted by atomic mass is 10.0. The van der Waals surface area contributed by atoms with Crippen molar-refractivity contribution in [3.05, 3.63) is 11.1 Å². The molecule has 0 spiro atoms. The summed E-state index contributed by atoms with van der Waals surface area (Å²) in [7, 11) is -4.03. The van der Waals surface area contributed by atoms with Gasteiger partial charge < -0.3 is 5.73 Å². The molecule has 1 aliphatic rings. The molecular formula is C8H14N2O5S. The SMILES string of the molecule is CCC(N)C(C(=O)N1OS(=O)(=O)O1)=C(C)C. The highest BCUT2D eigenvalue weighted by Crippen LogP contribution is 2.22. The van der Waals surface area contributed by atoms with E-state index in [1.807, 2.05) is 6.92 Å². The van der Waals surface area contributed by atoms with E-state index in [1.54, 1.807) is 13.8 Å². The lowest BCUT2D eigenvalue weighted by Crippen LogP contribution is -2.48. The third kappa shape index (κ3) is 2.59. The standard InChI is InChI=1S/C8H14N2O5S/c1-4-6(9)7(5(2)3)8(11)10-14-16(12,13)15-10/h6H,4,9H2,1-3H3. The molecule has 0 aromatic rings. The van der Waals surface area contributed by atoms with Crippen LogP contribution < -0.4 is 5.73 Å². The van der Waals surface area contributed by atoms with Crippen molar-refractivity contribution in [1.82, 2.24) is 5.23 Å². The summed E-state index contributed by atoms with van der Waals surface area (Å²) in [6.45, 7) is 5.23. The third-order valence-corrected chi connectivity index (χ3v) is 2.70. The largest absolute Gasteiger partial charge is 0.446 e. The Bertz CT molecular complexity index is 412. The predicted molar refractivity (Wildman–Crippen MR) is 54.6 cm³/mol. The van der Waals surface area contributed by atoms with E-state index in [1.165, 1.54) is 0 Å². The van der Waals surface area contributed by atoms with E-state index >= 15 is 0 Å². The maximum absolute atomic E-state index is 11.7. The Morgan fingerprint density at radius 1 is 1.38 bits per heavy atom. The van der Waals surface area contributed by atoms with Gasteiger partial charge in [0.05, 0.1) is 0 Å². The number of hydrogen-bond acceptors (Lipinski definition) is 6. The van der Waals surface area contributed by atoms with Gasteiger partial charge in [-0.05, 0) is 25.5 Å². The lowest BCUT2D eigenvalue weighted by molar-refractivity contribution is -0.299. The average Bonchev–Trinajstić information content (AvgIpc) is 2.13. The van der Waals surface area contributed by atoms with Crippen molar-refractivity contribution in [2.24, 2.45) is 5.73 Å². The molecule has 1 fully saturated rings. The number of hydroxylamine groups is 2. The summed E-state index contributed by atoms with van der Waals surface area (Å²) in [5, 5.41) is 0.313. The summed E-state index contributed by atoms with van der Waals surface area (Å²) < 4.78 is 29.4. The highest BCUT2D eigenvalue weighted by molar-refractivity contribution is 7.82. The summed E-state index contributed by atoms with van der Waals surface area (Å²) >= 11 is 0. The van der Waals surface area contributed by atoms with E-state index in [-0.39, 0.29) is 5.57 Å². The van der Waals surface area contributed by atoms with Crippen molar-refractivity contribution >= 4 is 16.3 Å². The van der Waals surface area contributed by atoms with Crippen molar-refractivity contribution in [2.45, 2.75) is 33.2 Å². The molecule has 0 aromatic carbocycles. The summed E-state index contributed by atoms with van der Waals surface area (Å²) in [4.78, 5) is 11.7. The Morgan fingerprint density at radius 3 is 2.19 bits per heavy atom. The van der Waals surface area contributed by atoms with Crippen LogP contribution in [0.1, 0.15) is 27.2 Å². The maximum atomic E-state index is 11.7. The van der Waals surface area contributed by atoms with Crippen molar-refractivity contribution in [2.75, 3.05) is 0 Å². The first kappa shape index (κ1) is 13.1. The zero-order valence-corrected chi connectivity index (χ0v) is 10.1. The molecule has 0 aliphatic carbocycles. The van der Waals surface area contributed by atoms with Gasteiger partial charge in [-0.3, -0.25) is 4.79 Å². The minimum atomic E-state index is -4.03. The Hall–Kier alpha value is -0.960. The van der Waals surface area contributed by atoms with Crippen LogP contribution in [0.5, 0.6) is 0 Å². The van der Waals surface area contributed by atoms with E-state index in [2.05, 4.69) is 8.57 Å². The van der Waals surface area contributed by atoms with Gasteiger partial charge in [-0.15, -0.1) is 0 Å². The molecule has 0 bridgehead atoms. The molecule has 8 heteroatoms. The molecular weight excluding hydrogens is 236 g/mol. The van der Waals surface area contributed by atoms with Crippen molar-refractivity contribution in [3.63, 3.8) is 0 Å². The first-order chi connectivity index (χ1) is 7.28. The molecule has 1 heterocycles. The van der Waals surface area contributed by atoms with E-state index in [4.69, 9.17) is 5.73 Å². The fraction of sp³-hybridized carbons (Fsp3) is 0.625. The van der Waals surface area contributed by atoms with Crippen LogP contribution in [-0.4, -0.2) is 25.6 Å². The molecule has 1 unspecified atom stereocenters. The van der Waals surface area contributed by atoms with Crippen LogP contribution in [-0.2, 0) is 23.8 Å². The van der Waals surface area contributed by atoms with E-state index in [0.717, 1.165) is 0 Å². The zero-order chi connectivity index (χ0) is 12.5. The number of amides is 1. The normalized spacial score (nSPS) is 19.9. The molecule has 2 N–H and O–H groups in total. The molecule has 1 saturated heterocycles. The number of allylic oxidation sites excluding steroid dienone is 1. The monoisotopic (exact) mass is 250 g/mol. The number of nitrogens with zero attached hydrogens (tertiary/aromatic N) is 1. The van der Waals surface area contributed by atoms with Crippen LogP contribution in [0.25, 0.3) is 0 Å². The smallest absolute Gasteiger partial charge is 0.324 e. The van der Waals surface area contributed by atoms with Crippen LogP contribution in [0.2, 0.25) is 0 Å². The molecule has 0 radical (unpaired) electrons. The highest BCUT2D eigenvalue weighted by Gasteiger charge is 2.41. The first-order valence-electron chi connectivity index (χ1n) is 4.70. The minimum Gasteiger partial charge on any atom is -0.324 e. The Morgan fingerprint density at radius 2 is 1.88 bits per heavy atom. The van der Waals surface area contributed by atoms with Crippen molar-refractivity contribution < 1.29 is 21.8 Å². The number of nitrogens with two attached hydrogens (primary N) is 1. The molecule has 16 heavy (non-hydrogen) atoms. The van der Waals surface area contributed by atoms with Crippen LogP contribution in [0.15, 0.2) is 11.1 Å². The van der Waals surface area contributed by atoms with Crippen molar-refractivity contribution in [3.8, 4) is 0 Å². The number of rotatable bonds is 3. The van der Waals surface area contributed by atoms with Gasteiger partial charge in [-0.1, -0.05) is 21.1 Å². The number of hydrogen-bond donors (Lipinski definition) is 1. The topological polar surface area (TPSA) is 98.9 Å². The van der Waals surface area contributed by atoms with Crippen LogP contribution in [0.4, 0.5) is 0 Å². The van der Waals surface area contributed by atoms with Gasteiger partial charge in [0.15, 0.2) is 0 Å². The fourth-order valence-corrected chi connectivity index (χ4v) is 1.76. The summed E-state index contributed by atoms with van der Waals surface area (Å²) in [6, 6.07) is -0.479. The second-order valence-corrected chi connectivity index (χ2v) is 4.66. The summed E-state index contributed by atoms with van der Waals surface area (Å²) in [6.07, 6.45) is 0.548. The second kappa shape index (κ2) is 4.50. The van der Waals surface area contributed by atoms with E-state index in [0.29, 0.717) is 17.2 Å². The van der Waals surface area contributed by atoms with Crippen LogP contribution in [0, 0.1) is 0 Å². The highest BCUT2D eigenvalue weighted by atomic mass is 32.3. The number of carbonyl (C=O) groups excluding carboxylic acids is 1. The molecule has 0 saturated carbocycles. The van der Waals surface area contributed by atoms with Gasteiger partial charge >= 0.3 is 16.3 Å². The van der Waals surface area contributed by atoms with Crippen LogP contribution >= 0.6 is 0 Å². The molecule has 92 valence electrons. The summed E-state index contributed by atoms with van der Waals surface area (Å²) in [5.74, 6) is -0.691. The predicted octanol–water partition coefficient (Wildman–Crippen LogP) is 0.0103. The maximum Gasteiger partial charge on any atom is 0.446 e. The lowest BCUT2D eigenvalue weighted by Gasteiger charge is -2.28. The minimum absolute atomic E-state index is 0.289. The Kier molecular flexibility index (Phi) is 3.68. The van der Waals surface area contributed by atoms with Gasteiger partial charge in [0.2, 0.25) is 0 Å². The van der Waals surface area contributed by atoms with Crippen molar-refractivity contribution in [1.29, 1.82) is 0 Å². The Labute approximate surface area is 94.0 Å². The van der Waals surface area contributed by atoms with E-state index < -0.39 is 22.3 Å². The van der Waals surface area contributed by atoms with Gasteiger partial charge in [0, 0.05) is 11.6 Å². The molecule has 1 amide bonds.